The number of aliphatic imine (C=N–C) groups is 1. The SMILES string of the molecule is CCC1=C(C)CN(C(=O)NCCc2ccc(S(=O)(=O)NC(=O)NC3CCC(C)CC3)cc2)C1=O.CN(C)C(=N)N=C(N)N.C[C@H]1O[C@H](O[C@H]2[C@H](O)[C@@H](O)[C@@H](O[C@H]3[C@H](O)[C@@H](O)C(O)O[C@@H]3CO)O[C@@H]2CO)[C@H](O)[C@@H](O)[C@@H]1N[C@H]1C=C(CO)[C@@H](O)[C@H](O)[C@H]1O. The lowest BCUT2D eigenvalue weighted by Crippen LogP contribution is -2.68. The number of nitrogens with two attached hydrogens (primary N) is 2. The maximum Gasteiger partial charge on any atom is 0.328 e. The van der Waals surface area contributed by atoms with E-state index in [1.807, 2.05) is 13.8 Å². The molecule has 4 aliphatic heterocycles. The number of hydrogen-bond donors (Lipinski definition) is 20. The zero-order chi connectivity index (χ0) is 64.9. The van der Waals surface area contributed by atoms with Gasteiger partial charge in [-0.1, -0.05) is 32.1 Å². The number of nitrogens with zero attached hydrogens (tertiary/aromatic N) is 3. The summed E-state index contributed by atoms with van der Waals surface area (Å²) in [5.74, 6) is 0.347. The van der Waals surface area contributed by atoms with E-state index in [2.05, 4.69) is 32.6 Å². The molecule has 3 saturated heterocycles. The van der Waals surface area contributed by atoms with Crippen LogP contribution in [0.25, 0.3) is 0 Å². The fraction of sp³-hybridized carbons (Fsp3) is 0.717. The van der Waals surface area contributed by atoms with Crippen molar-refractivity contribution in [2.75, 3.05) is 47.0 Å². The van der Waals surface area contributed by atoms with Crippen LogP contribution in [0.4, 0.5) is 9.59 Å². The highest BCUT2D eigenvalue weighted by atomic mass is 32.2. The van der Waals surface area contributed by atoms with Gasteiger partial charge in [0.05, 0.1) is 49.4 Å². The van der Waals surface area contributed by atoms with Crippen LogP contribution in [0.2, 0.25) is 0 Å². The van der Waals surface area contributed by atoms with Gasteiger partial charge in [-0.3, -0.25) is 15.1 Å². The highest BCUT2D eigenvalue weighted by molar-refractivity contribution is 7.90. The van der Waals surface area contributed by atoms with Crippen molar-refractivity contribution in [1.82, 2.24) is 30.5 Å². The number of imide groups is 1. The first-order valence-corrected chi connectivity index (χ1v) is 29.8. The van der Waals surface area contributed by atoms with E-state index < -0.39 is 158 Å². The second-order valence-corrected chi connectivity index (χ2v) is 24.0. The number of hydrogen-bond acceptors (Lipinski definition) is 25. The first-order valence-electron chi connectivity index (χ1n) is 28.3. The predicted octanol–water partition coefficient (Wildman–Crippen LogP) is -6.73. The number of amides is 5. The highest BCUT2D eigenvalue weighted by Crippen LogP contribution is 2.33. The molecule has 7 rings (SSSR count). The predicted molar refractivity (Wildman–Crippen MR) is 303 cm³/mol. The molecule has 0 bridgehead atoms. The van der Waals surface area contributed by atoms with Crippen molar-refractivity contribution in [2.45, 2.75) is 194 Å². The van der Waals surface area contributed by atoms with E-state index in [4.69, 9.17) is 40.6 Å². The quantitative estimate of drug-likeness (QED) is 0.0416. The summed E-state index contributed by atoms with van der Waals surface area (Å²) >= 11 is 0. The number of rotatable bonds is 16. The normalized spacial score (nSPS) is 35.3. The number of sulfonamides is 1. The van der Waals surface area contributed by atoms with Gasteiger partial charge in [0.2, 0.25) is 5.96 Å². The van der Waals surface area contributed by atoms with Gasteiger partial charge in [0.1, 0.15) is 79.4 Å². The molecule has 0 aromatic heterocycles. The number of benzene rings is 1. The number of ether oxygens (including phenoxy) is 5. The second kappa shape index (κ2) is 32.5. The first-order chi connectivity index (χ1) is 40.9. The van der Waals surface area contributed by atoms with Crippen LogP contribution in [0.15, 0.2) is 56.9 Å². The Morgan fingerprint density at radius 1 is 0.793 bits per heavy atom. The monoisotopic (exact) mass is 1260 g/mol. The van der Waals surface area contributed by atoms with Gasteiger partial charge in [-0.15, -0.1) is 0 Å². The van der Waals surface area contributed by atoms with Crippen molar-refractivity contribution in [3.05, 3.63) is 52.6 Å². The summed E-state index contributed by atoms with van der Waals surface area (Å²) in [7, 11) is -0.604. The lowest BCUT2D eigenvalue weighted by molar-refractivity contribution is -0.373. The molecule has 0 spiro atoms. The number of nitrogens with one attached hydrogen (secondary N) is 5. The number of aliphatic hydroxyl groups excluding tert-OH is 13. The number of carbonyl (C=O) groups excluding carboxylic acids is 3. The zero-order valence-corrected chi connectivity index (χ0v) is 49.9. The molecule has 19 atom stereocenters. The average molecular weight is 1270 g/mol. The van der Waals surface area contributed by atoms with Gasteiger partial charge in [0, 0.05) is 32.3 Å². The van der Waals surface area contributed by atoms with Crippen LogP contribution >= 0.6 is 0 Å². The van der Waals surface area contributed by atoms with Crippen molar-refractivity contribution in [2.24, 2.45) is 22.4 Å². The van der Waals surface area contributed by atoms with Crippen molar-refractivity contribution >= 4 is 39.9 Å². The van der Waals surface area contributed by atoms with Crippen LogP contribution in [-0.4, -0.2) is 284 Å². The first kappa shape index (κ1) is 72.6. The average Bonchev–Trinajstić information content (AvgIpc) is 1.57. The summed E-state index contributed by atoms with van der Waals surface area (Å²) in [6.07, 6.45) is -21.8. The molecule has 5 amide bonds. The van der Waals surface area contributed by atoms with E-state index in [-0.39, 0.29) is 34.3 Å². The van der Waals surface area contributed by atoms with E-state index in [9.17, 15) is 89.2 Å². The summed E-state index contributed by atoms with van der Waals surface area (Å²) in [6, 6.07) is 2.83. The molecule has 87 heavy (non-hydrogen) atoms. The third-order valence-corrected chi connectivity index (χ3v) is 17.0. The van der Waals surface area contributed by atoms with E-state index in [0.29, 0.717) is 37.4 Å². The Labute approximate surface area is 502 Å². The number of guanidine groups is 2. The molecular weight excluding hydrogens is 1180 g/mol. The molecule has 4 heterocycles. The summed E-state index contributed by atoms with van der Waals surface area (Å²) in [6.45, 7) is 5.77. The third kappa shape index (κ3) is 18.7. The molecule has 6 aliphatic rings. The molecule has 1 aromatic rings. The van der Waals surface area contributed by atoms with Crippen LogP contribution in [-0.2, 0) is 44.9 Å². The van der Waals surface area contributed by atoms with Crippen LogP contribution in [0.3, 0.4) is 0 Å². The number of aliphatic hydroxyl groups is 13. The Bertz CT molecular complexity index is 2650. The Morgan fingerprint density at radius 2 is 1.36 bits per heavy atom. The van der Waals surface area contributed by atoms with Gasteiger partial charge in [-0.2, -0.15) is 4.99 Å². The Morgan fingerprint density at radius 3 is 1.89 bits per heavy atom. The molecule has 2 aliphatic carbocycles. The largest absolute Gasteiger partial charge is 0.394 e. The fourth-order valence-electron chi connectivity index (χ4n) is 10.4. The molecule has 1 unspecified atom stereocenters. The van der Waals surface area contributed by atoms with E-state index >= 15 is 0 Å². The zero-order valence-electron chi connectivity index (χ0n) is 49.1. The second-order valence-electron chi connectivity index (χ2n) is 22.3. The van der Waals surface area contributed by atoms with Gasteiger partial charge in [-0.05, 0) is 87.1 Å². The molecule has 4 fully saturated rings. The minimum absolute atomic E-state index is 0.00639. The Hall–Kier alpha value is -5.16. The van der Waals surface area contributed by atoms with Crippen molar-refractivity contribution < 1.29 is 113 Å². The van der Waals surface area contributed by atoms with Crippen molar-refractivity contribution in [3.8, 4) is 0 Å². The van der Waals surface area contributed by atoms with Crippen LogP contribution in [0, 0.1) is 11.3 Å². The molecule has 22 N–H and O–H groups in total. The highest BCUT2D eigenvalue weighted by Gasteiger charge is 2.54. The van der Waals surface area contributed by atoms with E-state index in [1.54, 1.807) is 26.2 Å². The lowest BCUT2D eigenvalue weighted by Gasteiger charge is -2.48. The van der Waals surface area contributed by atoms with Gasteiger partial charge in [0.25, 0.3) is 15.9 Å². The number of carbonyl (C=O) groups is 3. The fourth-order valence-corrected chi connectivity index (χ4v) is 11.4. The number of urea groups is 2. The summed E-state index contributed by atoms with van der Waals surface area (Å²) in [5.41, 5.74) is 12.4. The van der Waals surface area contributed by atoms with Crippen LogP contribution in [0.1, 0.15) is 65.4 Å². The Kier molecular flexibility index (Phi) is 27.1. The van der Waals surface area contributed by atoms with Crippen LogP contribution in [0.5, 0.6) is 0 Å². The van der Waals surface area contributed by atoms with E-state index in [1.165, 1.54) is 34.9 Å². The van der Waals surface area contributed by atoms with Gasteiger partial charge in [-0.25, -0.2) is 22.7 Å². The molecule has 0 radical (unpaired) electrons. The Balaban J connectivity index is 0.000000284. The molecule has 33 nitrogen and oxygen atoms in total. The smallest absolute Gasteiger partial charge is 0.328 e. The summed E-state index contributed by atoms with van der Waals surface area (Å²) in [4.78, 5) is 42.9. The summed E-state index contributed by atoms with van der Waals surface area (Å²) < 4.78 is 54.5. The van der Waals surface area contributed by atoms with Crippen molar-refractivity contribution in [1.29, 1.82) is 5.41 Å². The molecule has 34 heteroatoms. The molecule has 1 aromatic carbocycles. The lowest BCUT2D eigenvalue weighted by atomic mass is 9.86. The third-order valence-electron chi connectivity index (χ3n) is 15.6. The van der Waals surface area contributed by atoms with Crippen LogP contribution < -0.4 is 32.1 Å². The topological polar surface area (TPSA) is 537 Å². The molecule has 494 valence electrons. The maximum atomic E-state index is 12.5. The summed E-state index contributed by atoms with van der Waals surface area (Å²) in [5, 5.41) is 148. The van der Waals surface area contributed by atoms with E-state index in [0.717, 1.165) is 36.8 Å². The minimum atomic E-state index is -3.98. The standard InChI is InChI=1S/C25H43NO18.C24H34N4O5S.C4H11N5/c1-6-11(26-8-2-7(3-27)12(30)15(33)13(8)31)14(32)19(37)24(40-6)43-22-10(5-29)42-25(20(38)17(22)35)44-21-9(4-28)41-23(39)18(36)16(21)34;1-4-21-17(3)15-28(22(21)29)24(31)25-14-13-18-7-11-20(12-8-18)34(32,33)27-23(30)26-19-9-5-16(2)6-10-19;1-9(2)4(7)8-3(5)6/h2,6,8-39H,3-5H2,1H3;7-8,11-12,16,19H,4-6,9-10,13-15H2,1-3H3,(H,25,31)(H2,26,27,30);1-2H3,(H5,5,6,7,8)/t6-,8+,9-,10-,11-,12-,13+,14+,15+,16-,17-,18-,19-,20-,21-,22-,23?,24-,25-;;/m1../s1. The van der Waals surface area contributed by atoms with Crippen molar-refractivity contribution in [3.63, 3.8) is 0 Å². The van der Waals surface area contributed by atoms with Gasteiger partial charge in [0.15, 0.2) is 24.8 Å². The minimum Gasteiger partial charge on any atom is -0.394 e. The molecular formula is C53H88N10O23S. The molecule has 1 saturated carbocycles. The van der Waals surface area contributed by atoms with Gasteiger partial charge >= 0.3 is 12.1 Å². The maximum absolute atomic E-state index is 12.5. The van der Waals surface area contributed by atoms with Gasteiger partial charge < -0.3 is 122 Å².